The van der Waals surface area contributed by atoms with Crippen LogP contribution in [0.4, 0.5) is 0 Å². The van der Waals surface area contributed by atoms with Gasteiger partial charge in [0.1, 0.15) is 5.69 Å². The van der Waals surface area contributed by atoms with Crippen LogP contribution in [0.25, 0.3) is 0 Å². The Morgan fingerprint density at radius 3 is 2.68 bits per heavy atom. The molecular formula is C18H30N4O3. The Labute approximate surface area is 150 Å². The molecule has 7 heteroatoms. The van der Waals surface area contributed by atoms with Gasteiger partial charge in [-0.3, -0.25) is 14.6 Å². The molecule has 140 valence electrons. The van der Waals surface area contributed by atoms with Crippen LogP contribution in [0.15, 0.2) is 18.6 Å². The first-order valence-electron chi connectivity index (χ1n) is 9.08. The number of aromatic nitrogens is 2. The number of nitrogens with zero attached hydrogens (tertiary/aromatic N) is 3. The lowest BCUT2D eigenvalue weighted by Crippen LogP contribution is -2.37. The summed E-state index contributed by atoms with van der Waals surface area (Å²) in [5, 5.41) is 2.90. The molecule has 0 radical (unpaired) electrons. The first kappa shape index (κ1) is 21.0. The normalized spacial score (nSPS) is 10.5. The summed E-state index contributed by atoms with van der Waals surface area (Å²) in [7, 11) is 0. The van der Waals surface area contributed by atoms with Crippen molar-refractivity contribution in [1.29, 1.82) is 0 Å². The SMILES string of the molecule is CCCCCNC(=O)CCN(CCCOCC)C(=O)c1cnccn1. The van der Waals surface area contributed by atoms with Gasteiger partial charge in [0.25, 0.3) is 5.91 Å². The second-order valence-corrected chi connectivity index (χ2v) is 5.74. The predicted octanol–water partition coefficient (Wildman–Crippen LogP) is 2.04. The van der Waals surface area contributed by atoms with E-state index in [0.29, 0.717) is 38.5 Å². The molecule has 0 aromatic carbocycles. The molecule has 0 bridgehead atoms. The van der Waals surface area contributed by atoms with E-state index in [0.717, 1.165) is 25.7 Å². The molecule has 7 nitrogen and oxygen atoms in total. The Hall–Kier alpha value is -2.02. The summed E-state index contributed by atoms with van der Waals surface area (Å²) in [6.07, 6.45) is 8.68. The Morgan fingerprint density at radius 2 is 2.00 bits per heavy atom. The van der Waals surface area contributed by atoms with E-state index in [9.17, 15) is 9.59 Å². The molecule has 0 aliphatic rings. The van der Waals surface area contributed by atoms with Crippen LogP contribution in [0.5, 0.6) is 0 Å². The van der Waals surface area contributed by atoms with Crippen molar-refractivity contribution in [1.82, 2.24) is 20.2 Å². The molecule has 0 aliphatic carbocycles. The Morgan fingerprint density at radius 1 is 1.16 bits per heavy atom. The van der Waals surface area contributed by atoms with Gasteiger partial charge >= 0.3 is 0 Å². The fourth-order valence-electron chi connectivity index (χ4n) is 2.32. The van der Waals surface area contributed by atoms with E-state index in [-0.39, 0.29) is 18.2 Å². The third kappa shape index (κ3) is 9.14. The smallest absolute Gasteiger partial charge is 0.274 e. The molecule has 2 amide bonds. The Balaban J connectivity index is 2.50. The zero-order valence-electron chi connectivity index (χ0n) is 15.4. The molecule has 1 heterocycles. The largest absolute Gasteiger partial charge is 0.382 e. The number of nitrogens with one attached hydrogen (secondary N) is 1. The van der Waals surface area contributed by atoms with E-state index >= 15 is 0 Å². The number of hydrogen-bond donors (Lipinski definition) is 1. The van der Waals surface area contributed by atoms with Gasteiger partial charge in [0.2, 0.25) is 5.91 Å². The van der Waals surface area contributed by atoms with Crippen molar-refractivity contribution in [2.75, 3.05) is 32.8 Å². The average Bonchev–Trinajstić information content (AvgIpc) is 2.65. The van der Waals surface area contributed by atoms with Gasteiger partial charge in [0.15, 0.2) is 0 Å². The van der Waals surface area contributed by atoms with Crippen LogP contribution >= 0.6 is 0 Å². The summed E-state index contributed by atoms with van der Waals surface area (Å²) >= 11 is 0. The van der Waals surface area contributed by atoms with Crippen molar-refractivity contribution in [2.24, 2.45) is 0 Å². The van der Waals surface area contributed by atoms with E-state index in [1.54, 1.807) is 4.90 Å². The molecule has 0 spiro atoms. The van der Waals surface area contributed by atoms with E-state index in [1.165, 1.54) is 18.6 Å². The standard InChI is InChI=1S/C18H30N4O3/c1-3-5-6-9-21-17(23)8-13-22(12-7-14-25-4-2)18(24)16-15-19-10-11-20-16/h10-11,15H,3-9,12-14H2,1-2H3,(H,21,23). The minimum absolute atomic E-state index is 0.0298. The van der Waals surface area contributed by atoms with Crippen molar-refractivity contribution in [3.8, 4) is 0 Å². The third-order valence-electron chi connectivity index (χ3n) is 3.70. The van der Waals surface area contributed by atoms with Crippen LogP contribution in [-0.2, 0) is 9.53 Å². The molecule has 0 aliphatic heterocycles. The molecule has 0 saturated heterocycles. The lowest BCUT2D eigenvalue weighted by atomic mass is 10.2. The zero-order valence-corrected chi connectivity index (χ0v) is 15.4. The maximum absolute atomic E-state index is 12.6. The molecule has 1 aromatic heterocycles. The van der Waals surface area contributed by atoms with Gasteiger partial charge in [0, 0.05) is 51.7 Å². The highest BCUT2D eigenvalue weighted by Gasteiger charge is 2.18. The van der Waals surface area contributed by atoms with Gasteiger partial charge in [0.05, 0.1) is 6.20 Å². The van der Waals surface area contributed by atoms with Crippen molar-refractivity contribution in [3.63, 3.8) is 0 Å². The Kier molecular flexibility index (Phi) is 11.2. The first-order valence-corrected chi connectivity index (χ1v) is 9.08. The van der Waals surface area contributed by atoms with Crippen molar-refractivity contribution >= 4 is 11.8 Å². The van der Waals surface area contributed by atoms with Gasteiger partial charge in [-0.1, -0.05) is 19.8 Å². The molecule has 0 saturated carbocycles. The summed E-state index contributed by atoms with van der Waals surface area (Å²) in [6.45, 7) is 6.88. The molecule has 25 heavy (non-hydrogen) atoms. The van der Waals surface area contributed by atoms with Crippen molar-refractivity contribution in [3.05, 3.63) is 24.3 Å². The summed E-state index contributed by atoms with van der Waals surface area (Å²) in [6, 6.07) is 0. The zero-order chi connectivity index (χ0) is 18.3. The summed E-state index contributed by atoms with van der Waals surface area (Å²) in [5.41, 5.74) is 0.294. The number of amides is 2. The molecule has 1 N–H and O–H groups in total. The molecule has 1 aromatic rings. The van der Waals surface area contributed by atoms with Gasteiger partial charge in [-0.15, -0.1) is 0 Å². The van der Waals surface area contributed by atoms with Crippen LogP contribution in [0.1, 0.15) is 56.4 Å². The highest BCUT2D eigenvalue weighted by atomic mass is 16.5. The van der Waals surface area contributed by atoms with Gasteiger partial charge in [-0.25, -0.2) is 4.98 Å². The van der Waals surface area contributed by atoms with Gasteiger partial charge < -0.3 is 15.0 Å². The van der Waals surface area contributed by atoms with Crippen LogP contribution in [-0.4, -0.2) is 59.5 Å². The third-order valence-corrected chi connectivity index (χ3v) is 3.70. The summed E-state index contributed by atoms with van der Waals surface area (Å²) in [5.74, 6) is -0.235. The second kappa shape index (κ2) is 13.3. The summed E-state index contributed by atoms with van der Waals surface area (Å²) in [4.78, 5) is 34.2. The van der Waals surface area contributed by atoms with Crippen LogP contribution in [0.2, 0.25) is 0 Å². The van der Waals surface area contributed by atoms with E-state index in [4.69, 9.17) is 4.74 Å². The van der Waals surface area contributed by atoms with Crippen molar-refractivity contribution < 1.29 is 14.3 Å². The first-order chi connectivity index (χ1) is 12.2. The average molecular weight is 350 g/mol. The van der Waals surface area contributed by atoms with Gasteiger partial charge in [-0.2, -0.15) is 0 Å². The minimum Gasteiger partial charge on any atom is -0.382 e. The number of rotatable bonds is 13. The van der Waals surface area contributed by atoms with Crippen molar-refractivity contribution in [2.45, 2.75) is 46.0 Å². The Bertz CT molecular complexity index is 496. The highest BCUT2D eigenvalue weighted by molar-refractivity contribution is 5.92. The van der Waals surface area contributed by atoms with E-state index < -0.39 is 0 Å². The molecular weight excluding hydrogens is 320 g/mol. The topological polar surface area (TPSA) is 84.4 Å². The van der Waals surface area contributed by atoms with E-state index in [1.807, 2.05) is 6.92 Å². The summed E-state index contributed by atoms with van der Waals surface area (Å²) < 4.78 is 5.33. The van der Waals surface area contributed by atoms with Gasteiger partial charge in [-0.05, 0) is 19.8 Å². The number of hydrogen-bond acceptors (Lipinski definition) is 5. The maximum atomic E-state index is 12.6. The monoisotopic (exact) mass is 350 g/mol. The number of carbonyl (C=O) groups excluding carboxylic acids is 2. The number of unbranched alkanes of at least 4 members (excludes halogenated alkanes) is 2. The molecule has 0 fully saturated rings. The van der Waals surface area contributed by atoms with Crippen LogP contribution in [0, 0.1) is 0 Å². The number of ether oxygens (including phenoxy) is 1. The lowest BCUT2D eigenvalue weighted by Gasteiger charge is -2.22. The predicted molar refractivity (Wildman–Crippen MR) is 96.2 cm³/mol. The minimum atomic E-state index is -0.205. The lowest BCUT2D eigenvalue weighted by molar-refractivity contribution is -0.121. The number of carbonyl (C=O) groups is 2. The molecule has 0 atom stereocenters. The molecule has 1 rings (SSSR count). The highest BCUT2D eigenvalue weighted by Crippen LogP contribution is 2.03. The van der Waals surface area contributed by atoms with Crippen LogP contribution in [0.3, 0.4) is 0 Å². The molecule has 0 unspecified atom stereocenters. The second-order valence-electron chi connectivity index (χ2n) is 5.74. The fourth-order valence-corrected chi connectivity index (χ4v) is 2.32. The fraction of sp³-hybridized carbons (Fsp3) is 0.667. The quantitative estimate of drug-likeness (QED) is 0.550. The van der Waals surface area contributed by atoms with E-state index in [2.05, 4.69) is 22.2 Å². The van der Waals surface area contributed by atoms with Crippen LogP contribution < -0.4 is 5.32 Å². The maximum Gasteiger partial charge on any atom is 0.274 e.